The molecule has 2 N–H and O–H groups in total. The van der Waals surface area contributed by atoms with Crippen molar-refractivity contribution in [2.75, 3.05) is 32.5 Å². The van der Waals surface area contributed by atoms with Crippen molar-refractivity contribution in [1.29, 1.82) is 0 Å². The van der Waals surface area contributed by atoms with Crippen molar-refractivity contribution in [3.05, 3.63) is 47.5 Å². The highest BCUT2D eigenvalue weighted by Crippen LogP contribution is 2.21. The van der Waals surface area contributed by atoms with Gasteiger partial charge >= 0.3 is 0 Å². The highest BCUT2D eigenvalue weighted by atomic mass is 19.2. The Bertz CT molecular complexity index is 737. The second kappa shape index (κ2) is 8.43. The zero-order chi connectivity index (χ0) is 18.4. The smallest absolute Gasteiger partial charge is 0.254 e. The van der Waals surface area contributed by atoms with Crippen LogP contribution >= 0.6 is 0 Å². The van der Waals surface area contributed by atoms with E-state index >= 15 is 0 Å². The summed E-state index contributed by atoms with van der Waals surface area (Å²) in [5.74, 6) is -4.62. The van der Waals surface area contributed by atoms with Crippen molar-refractivity contribution in [2.24, 2.45) is 0 Å². The number of halogens is 3. The monoisotopic (exact) mass is 353 g/mol. The number of hydrogen-bond acceptors (Lipinski definition) is 5. The Labute approximate surface area is 143 Å². The second-order valence-corrected chi connectivity index (χ2v) is 5.56. The number of carbonyl (C=O) groups is 1. The van der Waals surface area contributed by atoms with Gasteiger partial charge in [0.05, 0.1) is 11.3 Å². The quantitative estimate of drug-likeness (QED) is 0.591. The first kappa shape index (κ1) is 18.7. The molecular formula is C16H18F3N5O. The summed E-state index contributed by atoms with van der Waals surface area (Å²) in [6, 6.07) is 1.82. The Morgan fingerprint density at radius 1 is 1.12 bits per heavy atom. The minimum Gasteiger partial charge on any atom is -0.352 e. The standard InChI is InChI=1S/C16H18F3N5O/c1-24(2)7-3-6-20-15(25)10-8-21-16(22-9-10)23-12-5-4-11(17)13(18)14(12)19/h4-5,8-9H,3,6-7H2,1-2H3,(H,20,25)(H,21,22,23). The molecule has 0 aliphatic rings. The highest BCUT2D eigenvalue weighted by Gasteiger charge is 2.14. The van der Waals surface area contributed by atoms with Crippen molar-refractivity contribution in [1.82, 2.24) is 20.2 Å². The Balaban J connectivity index is 1.96. The van der Waals surface area contributed by atoms with E-state index < -0.39 is 17.5 Å². The van der Waals surface area contributed by atoms with Crippen LogP contribution in [0, 0.1) is 17.5 Å². The Kier molecular flexibility index (Phi) is 6.29. The van der Waals surface area contributed by atoms with Crippen molar-refractivity contribution >= 4 is 17.5 Å². The van der Waals surface area contributed by atoms with Gasteiger partial charge < -0.3 is 15.5 Å². The predicted molar refractivity (Wildman–Crippen MR) is 87.1 cm³/mol. The molecule has 9 heteroatoms. The first-order valence-electron chi connectivity index (χ1n) is 7.54. The maximum atomic E-state index is 13.6. The normalized spacial score (nSPS) is 10.8. The maximum absolute atomic E-state index is 13.6. The topological polar surface area (TPSA) is 70.2 Å². The first-order valence-corrected chi connectivity index (χ1v) is 7.54. The summed E-state index contributed by atoms with van der Waals surface area (Å²) >= 11 is 0. The molecule has 0 bridgehead atoms. The average Bonchev–Trinajstić information content (AvgIpc) is 2.59. The molecule has 1 amide bonds. The molecule has 25 heavy (non-hydrogen) atoms. The summed E-state index contributed by atoms with van der Waals surface area (Å²) < 4.78 is 39.6. The lowest BCUT2D eigenvalue weighted by molar-refractivity contribution is 0.0951. The molecule has 0 unspecified atom stereocenters. The molecule has 2 rings (SSSR count). The summed E-state index contributed by atoms with van der Waals surface area (Å²) in [6.45, 7) is 1.36. The molecule has 134 valence electrons. The van der Waals surface area contributed by atoms with Crippen LogP contribution in [-0.2, 0) is 0 Å². The molecule has 0 spiro atoms. The molecule has 2 aromatic rings. The van der Waals surface area contributed by atoms with Gasteiger partial charge in [0.2, 0.25) is 5.95 Å². The van der Waals surface area contributed by atoms with Gasteiger partial charge in [0.25, 0.3) is 5.91 Å². The van der Waals surface area contributed by atoms with E-state index in [1.54, 1.807) is 0 Å². The van der Waals surface area contributed by atoms with Crippen LogP contribution in [0.1, 0.15) is 16.8 Å². The minimum atomic E-state index is -1.58. The lowest BCUT2D eigenvalue weighted by atomic mass is 10.3. The number of nitrogens with zero attached hydrogens (tertiary/aromatic N) is 3. The van der Waals surface area contributed by atoms with Crippen LogP contribution in [0.5, 0.6) is 0 Å². The number of nitrogens with one attached hydrogen (secondary N) is 2. The molecular weight excluding hydrogens is 335 g/mol. The van der Waals surface area contributed by atoms with Crippen LogP contribution in [0.25, 0.3) is 0 Å². The zero-order valence-electron chi connectivity index (χ0n) is 13.8. The van der Waals surface area contributed by atoms with E-state index in [-0.39, 0.29) is 23.1 Å². The third kappa shape index (κ3) is 5.15. The van der Waals surface area contributed by atoms with Gasteiger partial charge in [-0.15, -0.1) is 0 Å². The largest absolute Gasteiger partial charge is 0.352 e. The first-order chi connectivity index (χ1) is 11.9. The molecule has 0 fully saturated rings. The van der Waals surface area contributed by atoms with Crippen molar-refractivity contribution in [3.63, 3.8) is 0 Å². The number of aromatic nitrogens is 2. The van der Waals surface area contributed by atoms with Gasteiger partial charge in [0.1, 0.15) is 0 Å². The Hall–Kier alpha value is -2.68. The van der Waals surface area contributed by atoms with Gasteiger partial charge in [0, 0.05) is 18.9 Å². The van der Waals surface area contributed by atoms with E-state index in [1.807, 2.05) is 19.0 Å². The highest BCUT2D eigenvalue weighted by molar-refractivity contribution is 5.93. The number of rotatable bonds is 7. The third-order valence-corrected chi connectivity index (χ3v) is 3.26. The Morgan fingerprint density at radius 2 is 1.80 bits per heavy atom. The summed E-state index contributed by atoms with van der Waals surface area (Å²) in [6.07, 6.45) is 3.32. The summed E-state index contributed by atoms with van der Waals surface area (Å²) in [4.78, 5) is 21.7. The van der Waals surface area contributed by atoms with Crippen molar-refractivity contribution < 1.29 is 18.0 Å². The molecule has 0 atom stereocenters. The van der Waals surface area contributed by atoms with E-state index in [0.29, 0.717) is 6.54 Å². The molecule has 0 aliphatic carbocycles. The van der Waals surface area contributed by atoms with Crippen LogP contribution in [-0.4, -0.2) is 48.0 Å². The van der Waals surface area contributed by atoms with E-state index in [4.69, 9.17) is 0 Å². The zero-order valence-corrected chi connectivity index (χ0v) is 13.8. The molecule has 6 nitrogen and oxygen atoms in total. The van der Waals surface area contributed by atoms with Crippen LogP contribution in [0.4, 0.5) is 24.8 Å². The predicted octanol–water partition coefficient (Wildman–Crippen LogP) is 2.32. The number of amides is 1. The number of benzene rings is 1. The maximum Gasteiger partial charge on any atom is 0.254 e. The third-order valence-electron chi connectivity index (χ3n) is 3.26. The van der Waals surface area contributed by atoms with E-state index in [0.717, 1.165) is 25.1 Å². The fourth-order valence-electron chi connectivity index (χ4n) is 1.95. The fraction of sp³-hybridized carbons (Fsp3) is 0.312. The molecule has 1 aromatic heterocycles. The SMILES string of the molecule is CN(C)CCCNC(=O)c1cnc(Nc2ccc(F)c(F)c2F)nc1. The van der Waals surface area contributed by atoms with Gasteiger partial charge in [-0.05, 0) is 39.2 Å². The van der Waals surface area contributed by atoms with Crippen molar-refractivity contribution in [2.45, 2.75) is 6.42 Å². The van der Waals surface area contributed by atoms with E-state index in [1.165, 1.54) is 12.4 Å². The lowest BCUT2D eigenvalue weighted by Crippen LogP contribution is -2.27. The molecule has 1 heterocycles. The average molecular weight is 353 g/mol. The van der Waals surface area contributed by atoms with Gasteiger partial charge in [0.15, 0.2) is 17.5 Å². The number of hydrogen-bond donors (Lipinski definition) is 2. The van der Waals surface area contributed by atoms with Crippen LogP contribution in [0.3, 0.4) is 0 Å². The Morgan fingerprint density at radius 3 is 2.44 bits per heavy atom. The van der Waals surface area contributed by atoms with Crippen LogP contribution in [0.2, 0.25) is 0 Å². The van der Waals surface area contributed by atoms with Gasteiger partial charge in [-0.1, -0.05) is 0 Å². The second-order valence-electron chi connectivity index (χ2n) is 5.56. The summed E-state index contributed by atoms with van der Waals surface area (Å²) in [5.41, 5.74) is -0.0686. The van der Waals surface area contributed by atoms with Gasteiger partial charge in [-0.3, -0.25) is 4.79 Å². The fourth-order valence-corrected chi connectivity index (χ4v) is 1.95. The van der Waals surface area contributed by atoms with Crippen LogP contribution in [0.15, 0.2) is 24.5 Å². The molecule has 0 radical (unpaired) electrons. The number of anilines is 2. The van der Waals surface area contributed by atoms with E-state index in [9.17, 15) is 18.0 Å². The van der Waals surface area contributed by atoms with Crippen LogP contribution < -0.4 is 10.6 Å². The summed E-state index contributed by atoms with van der Waals surface area (Å²) in [7, 11) is 3.88. The molecule has 0 saturated carbocycles. The lowest BCUT2D eigenvalue weighted by Gasteiger charge is -2.10. The van der Waals surface area contributed by atoms with E-state index in [2.05, 4.69) is 20.6 Å². The molecule has 0 saturated heterocycles. The molecule has 0 aliphatic heterocycles. The van der Waals surface area contributed by atoms with Gasteiger partial charge in [-0.25, -0.2) is 23.1 Å². The van der Waals surface area contributed by atoms with Gasteiger partial charge in [-0.2, -0.15) is 0 Å². The number of carbonyl (C=O) groups excluding carboxylic acids is 1. The minimum absolute atomic E-state index is 0.0472. The molecule has 1 aromatic carbocycles. The summed E-state index contributed by atoms with van der Waals surface area (Å²) in [5, 5.41) is 5.16. The van der Waals surface area contributed by atoms with Crippen molar-refractivity contribution in [3.8, 4) is 0 Å².